The van der Waals surface area contributed by atoms with Gasteiger partial charge in [0.2, 0.25) is 17.7 Å². The molecule has 3 aromatic heterocycles. The highest BCUT2D eigenvalue weighted by Gasteiger charge is 2.33. The van der Waals surface area contributed by atoms with Crippen LogP contribution >= 0.6 is 11.3 Å². The molecule has 0 saturated carbocycles. The van der Waals surface area contributed by atoms with Gasteiger partial charge in [-0.25, -0.2) is 14.8 Å². The first kappa shape index (κ1) is 50.0. The number of imide groups is 1. The van der Waals surface area contributed by atoms with E-state index in [2.05, 4.69) is 46.8 Å². The van der Waals surface area contributed by atoms with Crippen molar-refractivity contribution in [1.82, 2.24) is 34.9 Å². The fourth-order valence-corrected chi connectivity index (χ4v) is 11.0. The first-order valence-corrected chi connectivity index (χ1v) is 26.0. The third-order valence-corrected chi connectivity index (χ3v) is 14.7. The van der Waals surface area contributed by atoms with Crippen molar-refractivity contribution in [2.24, 2.45) is 7.05 Å². The number of rotatable bonds is 14. The molecule has 18 heteroatoms. The maximum Gasteiger partial charge on any atom is 0.358 e. The summed E-state index contributed by atoms with van der Waals surface area (Å²) in [6, 6.07) is 28.9. The topological polar surface area (TPSA) is 193 Å². The number of pyridine rings is 1. The highest BCUT2D eigenvalue weighted by molar-refractivity contribution is 7.22. The fraction of sp³-hybridized carbons (Fsp3) is 0.357. The Kier molecular flexibility index (Phi) is 14.3. The van der Waals surface area contributed by atoms with E-state index in [0.717, 1.165) is 88.3 Å². The lowest BCUT2D eigenvalue weighted by Gasteiger charge is -2.34. The van der Waals surface area contributed by atoms with Crippen LogP contribution in [-0.2, 0) is 39.1 Å². The number of para-hydroxylation sites is 2. The van der Waals surface area contributed by atoms with Crippen molar-refractivity contribution < 1.29 is 33.4 Å². The van der Waals surface area contributed by atoms with E-state index in [9.17, 15) is 24.0 Å². The molecule has 382 valence electrons. The molecule has 4 aromatic carbocycles. The van der Waals surface area contributed by atoms with E-state index in [4.69, 9.17) is 14.5 Å². The van der Waals surface area contributed by atoms with Gasteiger partial charge in [0.25, 0.3) is 5.91 Å². The molecular formula is C56H60N10O7S. The summed E-state index contributed by atoms with van der Waals surface area (Å²) in [6.45, 7) is 13.4. The molecule has 3 aliphatic heterocycles. The maximum atomic E-state index is 14.0. The average Bonchev–Trinajstić information content (AvgIpc) is 3.94. The second kappa shape index (κ2) is 21.1. The summed E-state index contributed by atoms with van der Waals surface area (Å²) in [5.41, 5.74) is 7.29. The van der Waals surface area contributed by atoms with E-state index in [1.807, 2.05) is 113 Å². The van der Waals surface area contributed by atoms with Crippen LogP contribution in [-0.4, -0.2) is 117 Å². The molecule has 3 N–H and O–H groups in total. The number of carbonyl (C=O) groups excluding carboxylic acids is 5. The summed E-state index contributed by atoms with van der Waals surface area (Å²) < 4.78 is 14.9. The number of thiazole rings is 1. The minimum absolute atomic E-state index is 0.122. The predicted molar refractivity (Wildman–Crippen MR) is 286 cm³/mol. The number of aromatic nitrogens is 4. The Labute approximate surface area is 433 Å². The summed E-state index contributed by atoms with van der Waals surface area (Å²) in [7, 11) is 1.79. The average molecular weight is 1020 g/mol. The predicted octanol–water partition coefficient (Wildman–Crippen LogP) is 7.87. The lowest BCUT2D eigenvalue weighted by Crippen LogP contribution is -2.48. The second-order valence-electron chi connectivity index (χ2n) is 20.2. The Balaban J connectivity index is 0.732. The second-order valence-corrected chi connectivity index (χ2v) is 21.2. The lowest BCUT2D eigenvalue weighted by molar-refractivity contribution is -0.134. The van der Waals surface area contributed by atoms with Gasteiger partial charge in [-0.05, 0) is 118 Å². The van der Waals surface area contributed by atoms with Crippen molar-refractivity contribution in [2.45, 2.75) is 71.4 Å². The van der Waals surface area contributed by atoms with E-state index >= 15 is 0 Å². The molecule has 17 nitrogen and oxygen atoms in total. The molecule has 0 aliphatic carbocycles. The van der Waals surface area contributed by atoms with Crippen LogP contribution in [0.5, 0.6) is 5.75 Å². The summed E-state index contributed by atoms with van der Waals surface area (Å²) in [5, 5.41) is 14.5. The SMILES string of the molecule is Cc1cc(OCCCN2CCN(CC(=O)Nc3cccc4c(C5CCC(=O)NC5=O)nn(C)c34)CC2)ccc1-c1ccc(N2CCc3cccc(C(=O)Nc4nc5ccccc5s4)c3C2)nc1C(=O)OC(C)(C)C. The maximum absolute atomic E-state index is 14.0. The minimum atomic E-state index is -0.745. The molecule has 74 heavy (non-hydrogen) atoms. The van der Waals surface area contributed by atoms with Crippen molar-refractivity contribution in [3.05, 3.63) is 125 Å². The van der Waals surface area contributed by atoms with Crippen LogP contribution in [0.4, 0.5) is 16.6 Å². The highest BCUT2D eigenvalue weighted by Crippen LogP contribution is 2.36. The van der Waals surface area contributed by atoms with Gasteiger partial charge in [0.1, 0.15) is 17.2 Å². The standard InChI is InChI=1S/C56H60N10O7S/c1-34-31-36(72-30-10-24-64-26-28-65(29-27-64)33-48(68)57-44-15-9-13-40-49(62-63(5)51(40)44)41-20-22-47(67)60-53(41)70)17-18-37(34)38-19-21-46(59-50(38)54(71)73-56(2,3)4)66-25-23-35-11-8-12-39(42(35)32-66)52(69)61-55-58-43-14-6-7-16-45(43)74-55/h6-9,11-19,21,31,41H,10,20,22-30,32-33H2,1-5H3,(H,57,68)(H,58,61,69)(H,60,67,70). The number of aryl methyl sites for hydroxylation is 2. The summed E-state index contributed by atoms with van der Waals surface area (Å²) in [6.07, 6.45) is 2.18. The van der Waals surface area contributed by atoms with Gasteiger partial charge in [0.05, 0.1) is 46.2 Å². The number of anilines is 3. The molecular weight excluding hydrogens is 957 g/mol. The van der Waals surface area contributed by atoms with E-state index < -0.39 is 17.5 Å². The Morgan fingerprint density at radius 3 is 2.42 bits per heavy atom. The van der Waals surface area contributed by atoms with Gasteiger partial charge in [-0.3, -0.25) is 39.4 Å². The van der Waals surface area contributed by atoms with E-state index in [-0.39, 0.29) is 42.3 Å². The van der Waals surface area contributed by atoms with Crippen LogP contribution in [0.15, 0.2) is 91.0 Å². The highest BCUT2D eigenvalue weighted by atomic mass is 32.1. The van der Waals surface area contributed by atoms with Gasteiger partial charge >= 0.3 is 5.97 Å². The minimum Gasteiger partial charge on any atom is -0.494 e. The molecule has 3 aliphatic rings. The smallest absolute Gasteiger partial charge is 0.358 e. The number of nitrogens with one attached hydrogen (secondary N) is 3. The largest absolute Gasteiger partial charge is 0.494 e. The van der Waals surface area contributed by atoms with Crippen LogP contribution in [0.2, 0.25) is 0 Å². The number of amides is 4. The molecule has 0 radical (unpaired) electrons. The van der Waals surface area contributed by atoms with Crippen molar-refractivity contribution in [2.75, 3.05) is 68.0 Å². The summed E-state index contributed by atoms with van der Waals surface area (Å²) in [4.78, 5) is 81.7. The Morgan fingerprint density at radius 2 is 1.64 bits per heavy atom. The van der Waals surface area contributed by atoms with Crippen molar-refractivity contribution in [3.8, 4) is 16.9 Å². The number of carbonyl (C=O) groups is 5. The van der Waals surface area contributed by atoms with Crippen LogP contribution in [0.25, 0.3) is 32.2 Å². The van der Waals surface area contributed by atoms with Crippen LogP contribution in [0, 0.1) is 6.92 Å². The van der Waals surface area contributed by atoms with E-state index in [1.165, 1.54) is 11.3 Å². The lowest BCUT2D eigenvalue weighted by atomic mass is 9.92. The number of piperidine rings is 1. The zero-order chi connectivity index (χ0) is 51.7. The number of benzene rings is 4. The van der Waals surface area contributed by atoms with Crippen molar-refractivity contribution >= 4 is 78.7 Å². The van der Waals surface area contributed by atoms with Crippen molar-refractivity contribution in [3.63, 3.8) is 0 Å². The van der Waals surface area contributed by atoms with Gasteiger partial charge < -0.3 is 24.6 Å². The number of nitrogens with zero attached hydrogens (tertiary/aromatic N) is 7. The molecule has 2 fully saturated rings. The van der Waals surface area contributed by atoms with Crippen LogP contribution in [0.3, 0.4) is 0 Å². The Hall–Kier alpha value is -7.54. The van der Waals surface area contributed by atoms with Gasteiger partial charge in [-0.1, -0.05) is 53.8 Å². The zero-order valence-electron chi connectivity index (χ0n) is 42.3. The number of ether oxygens (including phenoxy) is 2. The first-order chi connectivity index (χ1) is 35.6. The quantitative estimate of drug-likeness (QED) is 0.0542. The zero-order valence-corrected chi connectivity index (χ0v) is 43.1. The Morgan fingerprint density at radius 1 is 0.851 bits per heavy atom. The normalized spacial score (nSPS) is 16.5. The number of esters is 1. The molecule has 0 spiro atoms. The first-order valence-electron chi connectivity index (χ1n) is 25.2. The third-order valence-electron chi connectivity index (χ3n) is 13.8. The molecule has 4 amide bonds. The number of fused-ring (bicyclic) bond motifs is 3. The molecule has 1 unspecified atom stereocenters. The molecule has 0 bridgehead atoms. The van der Waals surface area contributed by atoms with Gasteiger partial charge in [-0.15, -0.1) is 0 Å². The summed E-state index contributed by atoms with van der Waals surface area (Å²) >= 11 is 1.44. The Bertz CT molecular complexity index is 3280. The molecule has 6 heterocycles. The van der Waals surface area contributed by atoms with Gasteiger partial charge in [0, 0.05) is 75.8 Å². The van der Waals surface area contributed by atoms with Crippen LogP contribution < -0.4 is 25.6 Å². The monoisotopic (exact) mass is 1020 g/mol. The third kappa shape index (κ3) is 11.0. The molecule has 2 saturated heterocycles. The van der Waals surface area contributed by atoms with E-state index in [0.29, 0.717) is 66.0 Å². The molecule has 1 atom stereocenters. The van der Waals surface area contributed by atoms with E-state index in [1.54, 1.807) is 11.7 Å². The van der Waals surface area contributed by atoms with Crippen molar-refractivity contribution in [1.29, 1.82) is 0 Å². The van der Waals surface area contributed by atoms with Gasteiger partial charge in [0.15, 0.2) is 10.8 Å². The number of hydrogen-bond donors (Lipinski definition) is 3. The fourth-order valence-electron chi connectivity index (χ4n) is 10.2. The summed E-state index contributed by atoms with van der Waals surface area (Å²) in [5.74, 6) is -0.661. The molecule has 7 aromatic rings. The number of hydrogen-bond acceptors (Lipinski definition) is 14. The molecule has 10 rings (SSSR count). The van der Waals surface area contributed by atoms with Crippen LogP contribution in [0.1, 0.15) is 89.2 Å². The van der Waals surface area contributed by atoms with Gasteiger partial charge in [-0.2, -0.15) is 5.10 Å². The number of piperazine rings is 1.